The molecule has 2 N–H and O–H groups in total. The third-order valence-electron chi connectivity index (χ3n) is 3.87. The van der Waals surface area contributed by atoms with Crippen molar-refractivity contribution in [1.82, 2.24) is 9.78 Å². The average Bonchev–Trinajstić information content (AvgIpc) is 2.66. The van der Waals surface area contributed by atoms with Crippen LogP contribution in [-0.2, 0) is 20.9 Å². The van der Waals surface area contributed by atoms with Crippen LogP contribution in [0.15, 0.2) is 58.1 Å². The Kier molecular flexibility index (Phi) is 5.16. The fourth-order valence-corrected chi connectivity index (χ4v) is 2.51. The van der Waals surface area contributed by atoms with Crippen molar-refractivity contribution in [3.05, 3.63) is 74.8 Å². The summed E-state index contributed by atoms with van der Waals surface area (Å²) in [5.74, 6) is -1.33. The average molecular weight is 367 g/mol. The summed E-state index contributed by atoms with van der Waals surface area (Å²) in [4.78, 5) is 48.1. The molecule has 1 aromatic heterocycles. The summed E-state index contributed by atoms with van der Waals surface area (Å²) in [5, 5.41) is 5.36. The molecule has 0 atom stereocenters. The van der Waals surface area contributed by atoms with E-state index in [1.165, 1.54) is 12.1 Å². The van der Waals surface area contributed by atoms with Gasteiger partial charge in [0, 0.05) is 5.69 Å². The molecule has 1 amide bonds. The summed E-state index contributed by atoms with van der Waals surface area (Å²) in [6.45, 7) is 0.919. The van der Waals surface area contributed by atoms with E-state index in [1.54, 1.807) is 24.3 Å². The molecule has 3 rings (SSSR count). The topological polar surface area (TPSA) is 110 Å². The lowest BCUT2D eigenvalue weighted by atomic mass is 10.2. The van der Waals surface area contributed by atoms with Gasteiger partial charge in [0.05, 0.1) is 10.8 Å². The zero-order valence-corrected chi connectivity index (χ0v) is 14.5. The third kappa shape index (κ3) is 4.30. The van der Waals surface area contributed by atoms with Gasteiger partial charge in [-0.25, -0.2) is 4.68 Å². The van der Waals surface area contributed by atoms with Gasteiger partial charge in [-0.1, -0.05) is 29.8 Å². The molecule has 0 unspecified atom stereocenters. The minimum absolute atomic E-state index is 0.200. The molecule has 138 valence electrons. The van der Waals surface area contributed by atoms with E-state index in [0.717, 1.165) is 10.2 Å². The molecule has 0 saturated heterocycles. The largest absolute Gasteiger partial charge is 0.454 e. The van der Waals surface area contributed by atoms with Crippen LogP contribution in [0.1, 0.15) is 5.56 Å². The van der Waals surface area contributed by atoms with Crippen molar-refractivity contribution in [2.75, 3.05) is 11.9 Å². The van der Waals surface area contributed by atoms with Gasteiger partial charge >= 0.3 is 5.97 Å². The van der Waals surface area contributed by atoms with Crippen molar-refractivity contribution in [2.24, 2.45) is 0 Å². The number of aryl methyl sites for hydroxylation is 1. The second kappa shape index (κ2) is 7.69. The highest BCUT2D eigenvalue weighted by atomic mass is 16.5. The molecule has 0 spiro atoms. The zero-order valence-electron chi connectivity index (χ0n) is 14.5. The number of hydrogen-bond acceptors (Lipinski definition) is 5. The fourth-order valence-electron chi connectivity index (χ4n) is 2.51. The van der Waals surface area contributed by atoms with Gasteiger partial charge in [-0.05, 0) is 31.2 Å². The first-order valence-corrected chi connectivity index (χ1v) is 8.18. The maximum absolute atomic E-state index is 12.3. The fraction of sp³-hybridized carbons (Fsp3) is 0.158. The lowest BCUT2D eigenvalue weighted by Gasteiger charge is -2.08. The highest BCUT2D eigenvalue weighted by Crippen LogP contribution is 2.08. The second-order valence-electron chi connectivity index (χ2n) is 5.95. The van der Waals surface area contributed by atoms with Gasteiger partial charge in [-0.3, -0.25) is 24.3 Å². The summed E-state index contributed by atoms with van der Waals surface area (Å²) in [7, 11) is 0. The lowest BCUT2D eigenvalue weighted by Crippen LogP contribution is -2.33. The van der Waals surface area contributed by atoms with Gasteiger partial charge in [0.2, 0.25) is 0 Å². The molecule has 8 heteroatoms. The molecule has 3 aromatic rings. The number of benzene rings is 2. The number of H-pyrrole nitrogens is 1. The Bertz CT molecular complexity index is 1110. The zero-order chi connectivity index (χ0) is 19.4. The van der Waals surface area contributed by atoms with E-state index in [9.17, 15) is 19.2 Å². The molecule has 2 aromatic carbocycles. The Morgan fingerprint density at radius 2 is 1.70 bits per heavy atom. The highest BCUT2D eigenvalue weighted by Gasteiger charge is 2.12. The number of anilines is 1. The van der Waals surface area contributed by atoms with Crippen LogP contribution in [0.3, 0.4) is 0 Å². The van der Waals surface area contributed by atoms with Crippen molar-refractivity contribution in [3.8, 4) is 0 Å². The number of nitrogens with one attached hydrogen (secondary N) is 2. The number of aromatic nitrogens is 2. The lowest BCUT2D eigenvalue weighted by molar-refractivity contribution is -0.148. The monoisotopic (exact) mass is 367 g/mol. The van der Waals surface area contributed by atoms with Gasteiger partial charge in [-0.2, -0.15) is 0 Å². The third-order valence-corrected chi connectivity index (χ3v) is 3.87. The summed E-state index contributed by atoms with van der Waals surface area (Å²) < 4.78 is 5.74. The SMILES string of the molecule is Cc1ccc(NC(=O)COC(=O)Cn2[nH]c(=O)c3ccccc3c2=O)cc1. The molecular formula is C19H17N3O5. The van der Waals surface area contributed by atoms with Crippen LogP contribution in [0.4, 0.5) is 5.69 Å². The summed E-state index contributed by atoms with van der Waals surface area (Å²) >= 11 is 0. The van der Waals surface area contributed by atoms with E-state index >= 15 is 0 Å². The van der Waals surface area contributed by atoms with Crippen LogP contribution < -0.4 is 16.4 Å². The van der Waals surface area contributed by atoms with Crippen molar-refractivity contribution in [1.29, 1.82) is 0 Å². The number of nitrogens with zero attached hydrogens (tertiary/aromatic N) is 1. The van der Waals surface area contributed by atoms with Crippen LogP contribution in [-0.4, -0.2) is 28.3 Å². The van der Waals surface area contributed by atoms with E-state index in [2.05, 4.69) is 10.4 Å². The van der Waals surface area contributed by atoms with Crippen molar-refractivity contribution in [3.63, 3.8) is 0 Å². The van der Waals surface area contributed by atoms with Crippen molar-refractivity contribution >= 4 is 28.3 Å². The summed E-state index contributed by atoms with van der Waals surface area (Å²) in [6.07, 6.45) is 0. The number of rotatable bonds is 5. The van der Waals surface area contributed by atoms with Crippen molar-refractivity contribution in [2.45, 2.75) is 13.5 Å². The number of ether oxygens (including phenoxy) is 1. The van der Waals surface area contributed by atoms with E-state index in [-0.39, 0.29) is 10.8 Å². The maximum atomic E-state index is 12.3. The molecule has 0 fully saturated rings. The minimum atomic E-state index is -0.818. The Balaban J connectivity index is 1.62. The number of hydrogen-bond donors (Lipinski definition) is 2. The van der Waals surface area contributed by atoms with Crippen molar-refractivity contribution < 1.29 is 14.3 Å². The van der Waals surface area contributed by atoms with Gasteiger partial charge in [0.1, 0.15) is 6.54 Å². The number of fused-ring (bicyclic) bond motifs is 1. The Labute approximate surface area is 153 Å². The van der Waals surface area contributed by atoms with E-state index < -0.39 is 36.1 Å². The maximum Gasteiger partial charge on any atom is 0.328 e. The van der Waals surface area contributed by atoms with Gasteiger partial charge < -0.3 is 10.1 Å². The first-order chi connectivity index (χ1) is 12.9. The normalized spacial score (nSPS) is 10.6. The molecule has 8 nitrogen and oxygen atoms in total. The van der Waals surface area contributed by atoms with Gasteiger partial charge in [0.15, 0.2) is 6.61 Å². The van der Waals surface area contributed by atoms with E-state index in [0.29, 0.717) is 5.69 Å². The smallest absolute Gasteiger partial charge is 0.328 e. The standard InChI is InChI=1S/C19H17N3O5/c1-12-6-8-13(9-7-12)20-16(23)11-27-17(24)10-22-19(26)15-5-3-2-4-14(15)18(25)21-22/h2-9H,10-11H2,1H3,(H,20,23)(H,21,25). The quantitative estimate of drug-likeness (QED) is 0.658. The Morgan fingerprint density at radius 3 is 2.41 bits per heavy atom. The Morgan fingerprint density at radius 1 is 1.04 bits per heavy atom. The first-order valence-electron chi connectivity index (χ1n) is 8.18. The molecule has 0 aliphatic carbocycles. The van der Waals surface area contributed by atoms with Crippen LogP contribution >= 0.6 is 0 Å². The number of amides is 1. The van der Waals surface area contributed by atoms with Crippen LogP contribution in [0.2, 0.25) is 0 Å². The van der Waals surface area contributed by atoms with E-state index in [4.69, 9.17) is 4.74 Å². The molecular weight excluding hydrogens is 350 g/mol. The molecule has 0 aliphatic heterocycles. The Hall–Kier alpha value is -3.68. The molecule has 0 radical (unpaired) electrons. The first kappa shape index (κ1) is 18.1. The van der Waals surface area contributed by atoms with Crippen LogP contribution in [0.5, 0.6) is 0 Å². The second-order valence-corrected chi connectivity index (χ2v) is 5.95. The highest BCUT2D eigenvalue weighted by molar-refractivity contribution is 5.92. The molecule has 0 saturated carbocycles. The van der Waals surface area contributed by atoms with E-state index in [1.807, 2.05) is 19.1 Å². The predicted octanol–water partition coefficient (Wildman–Crippen LogP) is 1.18. The molecule has 27 heavy (non-hydrogen) atoms. The molecule has 0 bridgehead atoms. The summed E-state index contributed by atoms with van der Waals surface area (Å²) in [6, 6.07) is 13.4. The summed E-state index contributed by atoms with van der Waals surface area (Å²) in [5.41, 5.74) is 0.618. The van der Waals surface area contributed by atoms with Gasteiger partial charge in [-0.15, -0.1) is 0 Å². The van der Waals surface area contributed by atoms with Crippen LogP contribution in [0.25, 0.3) is 10.8 Å². The molecule has 0 aliphatic rings. The van der Waals surface area contributed by atoms with Crippen LogP contribution in [0, 0.1) is 6.92 Å². The van der Waals surface area contributed by atoms with Gasteiger partial charge in [0.25, 0.3) is 17.0 Å². The molecule has 1 heterocycles. The number of esters is 1. The number of carbonyl (C=O) groups is 2. The number of aromatic amines is 1. The minimum Gasteiger partial charge on any atom is -0.454 e. The number of carbonyl (C=O) groups excluding carboxylic acids is 2. The predicted molar refractivity (Wildman–Crippen MR) is 99.6 cm³/mol.